The van der Waals surface area contributed by atoms with Gasteiger partial charge >= 0.3 is 0 Å². The molecule has 0 bridgehead atoms. The molecule has 0 aromatic heterocycles. The van der Waals surface area contributed by atoms with E-state index in [9.17, 15) is 19.3 Å². The Hall–Kier alpha value is -1.49. The smallest absolute Gasteiger partial charge is 0.276 e. The number of carbonyl (C=O) groups excluding carboxylic acids is 1. The lowest BCUT2D eigenvalue weighted by atomic mass is 10.1. The molecule has 0 atom stereocenters. The van der Waals surface area contributed by atoms with Crippen LogP contribution in [0.2, 0.25) is 0 Å². The van der Waals surface area contributed by atoms with Gasteiger partial charge in [0.15, 0.2) is 0 Å². The van der Waals surface area contributed by atoms with Crippen LogP contribution in [0.5, 0.6) is 0 Å². The zero-order valence-electron chi connectivity index (χ0n) is 7.08. The van der Waals surface area contributed by atoms with Gasteiger partial charge in [0.2, 0.25) is 0 Å². The van der Waals surface area contributed by atoms with Crippen LogP contribution in [0.4, 0.5) is 10.1 Å². The number of benzene rings is 1. The molecule has 0 aliphatic rings. The van der Waals surface area contributed by atoms with E-state index in [1.54, 1.807) is 0 Å². The molecule has 0 unspecified atom stereocenters. The molecule has 1 aromatic carbocycles. The van der Waals surface area contributed by atoms with E-state index in [0.717, 1.165) is 12.1 Å². The van der Waals surface area contributed by atoms with E-state index in [-0.39, 0.29) is 11.1 Å². The molecule has 0 saturated carbocycles. The number of halogens is 2. The van der Waals surface area contributed by atoms with Crippen molar-refractivity contribution in [2.45, 2.75) is 6.92 Å². The SMILES string of the molecule is Cc1c(F)cc(C(=O)Cl)cc1[N+](=O)[O-]. The molecular formula is C8H5ClFNO3. The fraction of sp³-hybridized carbons (Fsp3) is 0.125. The average Bonchev–Trinajstić information content (AvgIpc) is 2.08. The number of rotatable bonds is 2. The van der Waals surface area contributed by atoms with Gasteiger partial charge in [-0.3, -0.25) is 14.9 Å². The molecule has 0 aliphatic heterocycles. The molecule has 0 amide bonds. The molecule has 0 aliphatic carbocycles. The molecule has 1 aromatic rings. The van der Waals surface area contributed by atoms with Crippen molar-refractivity contribution >= 4 is 22.5 Å². The van der Waals surface area contributed by atoms with Crippen LogP contribution in [0.25, 0.3) is 0 Å². The highest BCUT2D eigenvalue weighted by Crippen LogP contribution is 2.23. The summed E-state index contributed by atoms with van der Waals surface area (Å²) < 4.78 is 13.0. The Labute approximate surface area is 83.4 Å². The van der Waals surface area contributed by atoms with Crippen LogP contribution in [0.15, 0.2) is 12.1 Å². The van der Waals surface area contributed by atoms with Crippen molar-refractivity contribution in [2.75, 3.05) is 0 Å². The summed E-state index contributed by atoms with van der Waals surface area (Å²) in [5.74, 6) is -0.816. The van der Waals surface area contributed by atoms with Crippen LogP contribution in [0, 0.1) is 22.9 Å². The highest BCUT2D eigenvalue weighted by Gasteiger charge is 2.18. The topological polar surface area (TPSA) is 60.2 Å². The lowest BCUT2D eigenvalue weighted by molar-refractivity contribution is -0.385. The van der Waals surface area contributed by atoms with Gasteiger partial charge in [-0.2, -0.15) is 0 Å². The second-order valence-corrected chi connectivity index (χ2v) is 2.98. The van der Waals surface area contributed by atoms with Crippen LogP contribution < -0.4 is 0 Å². The second-order valence-electron chi connectivity index (χ2n) is 2.63. The first-order valence-corrected chi connectivity index (χ1v) is 3.95. The maximum Gasteiger partial charge on any atom is 0.276 e. The molecule has 0 fully saturated rings. The van der Waals surface area contributed by atoms with E-state index in [4.69, 9.17) is 11.6 Å². The van der Waals surface area contributed by atoms with Crippen molar-refractivity contribution in [1.82, 2.24) is 0 Å². The fourth-order valence-corrected chi connectivity index (χ4v) is 1.08. The number of nitro groups is 1. The molecule has 1 rings (SSSR count). The molecule has 0 heterocycles. The summed E-state index contributed by atoms with van der Waals surface area (Å²) in [4.78, 5) is 20.3. The molecule has 4 nitrogen and oxygen atoms in total. The third-order valence-corrected chi connectivity index (χ3v) is 1.96. The molecule has 6 heteroatoms. The van der Waals surface area contributed by atoms with Crippen molar-refractivity contribution in [2.24, 2.45) is 0 Å². The van der Waals surface area contributed by atoms with Gasteiger partial charge < -0.3 is 0 Å². The Bertz CT molecular complexity index is 419. The summed E-state index contributed by atoms with van der Waals surface area (Å²) in [5.41, 5.74) is -0.785. The zero-order valence-corrected chi connectivity index (χ0v) is 7.84. The van der Waals surface area contributed by atoms with Crippen LogP contribution in [0.3, 0.4) is 0 Å². The van der Waals surface area contributed by atoms with Gasteiger partial charge in [0.1, 0.15) is 5.82 Å². The van der Waals surface area contributed by atoms with Gasteiger partial charge in [0, 0.05) is 11.6 Å². The van der Waals surface area contributed by atoms with Crippen molar-refractivity contribution in [1.29, 1.82) is 0 Å². The predicted molar refractivity (Wildman–Crippen MR) is 48.0 cm³/mol. The normalized spacial score (nSPS) is 9.93. The second kappa shape index (κ2) is 3.71. The molecule has 0 saturated heterocycles. The predicted octanol–water partition coefficient (Wildman–Crippen LogP) is 2.42. The Kier molecular flexibility index (Phi) is 2.81. The zero-order chi connectivity index (χ0) is 10.9. The maximum atomic E-state index is 13.0. The van der Waals surface area contributed by atoms with Crippen molar-refractivity contribution in [3.8, 4) is 0 Å². The van der Waals surface area contributed by atoms with Gasteiger partial charge in [0.25, 0.3) is 10.9 Å². The Balaban J connectivity index is 3.43. The quantitative estimate of drug-likeness (QED) is 0.434. The van der Waals surface area contributed by atoms with Crippen molar-refractivity contribution in [3.63, 3.8) is 0 Å². The van der Waals surface area contributed by atoms with Crippen molar-refractivity contribution in [3.05, 3.63) is 39.2 Å². The first kappa shape index (κ1) is 10.6. The van der Waals surface area contributed by atoms with Crippen LogP contribution in [-0.2, 0) is 0 Å². The highest BCUT2D eigenvalue weighted by molar-refractivity contribution is 6.67. The van der Waals surface area contributed by atoms with Gasteiger partial charge in [-0.25, -0.2) is 4.39 Å². The van der Waals surface area contributed by atoms with E-state index in [0.29, 0.717) is 0 Å². The number of carbonyl (C=O) groups is 1. The molecule has 74 valence electrons. The summed E-state index contributed by atoms with van der Waals surface area (Å²) in [5, 5.41) is 9.51. The number of nitrogens with zero attached hydrogens (tertiary/aromatic N) is 1. The van der Waals surface area contributed by atoms with Gasteiger partial charge in [-0.1, -0.05) is 0 Å². The molecular weight excluding hydrogens is 213 g/mol. The maximum absolute atomic E-state index is 13.0. The van der Waals surface area contributed by atoms with Crippen LogP contribution in [-0.4, -0.2) is 10.2 Å². The number of nitro benzene ring substituents is 1. The van der Waals surface area contributed by atoms with E-state index >= 15 is 0 Å². The van der Waals surface area contributed by atoms with E-state index in [2.05, 4.69) is 0 Å². The lowest BCUT2D eigenvalue weighted by Gasteiger charge is -2.00. The fourth-order valence-electron chi connectivity index (χ4n) is 0.967. The van der Waals surface area contributed by atoms with E-state index in [1.165, 1.54) is 6.92 Å². The molecule has 0 radical (unpaired) electrons. The number of hydrogen-bond acceptors (Lipinski definition) is 3. The minimum atomic E-state index is -0.924. The summed E-state index contributed by atoms with van der Waals surface area (Å²) in [7, 11) is 0. The van der Waals surface area contributed by atoms with Gasteiger partial charge in [-0.15, -0.1) is 0 Å². The minimum absolute atomic E-state index is 0.114. The molecule has 0 spiro atoms. The lowest BCUT2D eigenvalue weighted by Crippen LogP contribution is -1.99. The van der Waals surface area contributed by atoms with Gasteiger partial charge in [0.05, 0.1) is 10.5 Å². The van der Waals surface area contributed by atoms with Gasteiger partial charge in [-0.05, 0) is 24.6 Å². The standard InChI is InChI=1S/C8H5ClFNO3/c1-4-6(10)2-5(8(9)12)3-7(4)11(13)14/h2-3H,1H3. The van der Waals surface area contributed by atoms with E-state index in [1.807, 2.05) is 0 Å². The summed E-state index contributed by atoms with van der Waals surface area (Å²) in [6.45, 7) is 1.26. The number of hydrogen-bond donors (Lipinski definition) is 0. The monoisotopic (exact) mass is 217 g/mol. The first-order valence-electron chi connectivity index (χ1n) is 3.58. The summed E-state index contributed by atoms with van der Waals surface area (Å²) in [6.07, 6.45) is 0. The highest BCUT2D eigenvalue weighted by atomic mass is 35.5. The Morgan fingerprint density at radius 1 is 1.57 bits per heavy atom. The first-order chi connectivity index (χ1) is 6.43. The van der Waals surface area contributed by atoms with Crippen LogP contribution >= 0.6 is 11.6 Å². The minimum Gasteiger partial charge on any atom is -0.276 e. The molecule has 14 heavy (non-hydrogen) atoms. The van der Waals surface area contributed by atoms with Crippen LogP contribution in [0.1, 0.15) is 15.9 Å². The Morgan fingerprint density at radius 2 is 2.14 bits per heavy atom. The average molecular weight is 218 g/mol. The largest absolute Gasteiger partial charge is 0.276 e. The van der Waals surface area contributed by atoms with E-state index < -0.39 is 21.7 Å². The summed E-state index contributed by atoms with van der Waals surface area (Å²) >= 11 is 5.08. The molecule has 0 N–H and O–H groups in total. The third kappa shape index (κ3) is 1.88. The van der Waals surface area contributed by atoms with Crippen molar-refractivity contribution < 1.29 is 14.1 Å². The third-order valence-electron chi connectivity index (χ3n) is 1.74. The Morgan fingerprint density at radius 3 is 2.57 bits per heavy atom. The summed E-state index contributed by atoms with van der Waals surface area (Å²) in [6, 6.07) is 1.82.